The number of hydrogen-bond donors (Lipinski definition) is 0. The predicted molar refractivity (Wildman–Crippen MR) is 91.8 cm³/mol. The van der Waals surface area contributed by atoms with Crippen molar-refractivity contribution in [3.8, 4) is 11.3 Å². The van der Waals surface area contributed by atoms with Gasteiger partial charge in [-0.2, -0.15) is 0 Å². The van der Waals surface area contributed by atoms with E-state index in [1.807, 2.05) is 30.3 Å². The van der Waals surface area contributed by atoms with Crippen molar-refractivity contribution in [2.24, 2.45) is 0 Å². The Kier molecular flexibility index (Phi) is 3.20. The van der Waals surface area contributed by atoms with Crippen molar-refractivity contribution in [1.82, 2.24) is 4.90 Å². The smallest absolute Gasteiger partial charge is 0.183 e. The molecule has 25 heavy (non-hydrogen) atoms. The number of sulfone groups is 1. The zero-order chi connectivity index (χ0) is 17.0. The maximum Gasteiger partial charge on any atom is 0.183 e. The number of fused-ring (bicyclic) bond motifs is 3. The molecule has 0 unspecified atom stereocenters. The van der Waals surface area contributed by atoms with Crippen LogP contribution >= 0.6 is 0 Å². The van der Waals surface area contributed by atoms with Gasteiger partial charge in [0.1, 0.15) is 5.76 Å². The summed E-state index contributed by atoms with van der Waals surface area (Å²) in [5, 5.41) is -0.360. The summed E-state index contributed by atoms with van der Waals surface area (Å²) in [4.78, 5) is 2.68. The molecule has 5 nitrogen and oxygen atoms in total. The first-order chi connectivity index (χ1) is 12.1. The zero-order valence-corrected chi connectivity index (χ0v) is 14.3. The average molecular weight is 355 g/mol. The molecule has 0 saturated carbocycles. The highest BCUT2D eigenvalue weighted by Gasteiger charge is 2.50. The van der Waals surface area contributed by atoms with Crippen LogP contribution in [0, 0.1) is 0 Å². The van der Waals surface area contributed by atoms with Gasteiger partial charge in [-0.25, -0.2) is 8.42 Å². The minimum atomic E-state index is -3.28. The molecule has 0 aliphatic carbocycles. The van der Waals surface area contributed by atoms with Gasteiger partial charge in [-0.1, -0.05) is 0 Å². The van der Waals surface area contributed by atoms with E-state index in [9.17, 15) is 8.42 Å². The summed E-state index contributed by atoms with van der Waals surface area (Å²) in [6, 6.07) is 11.2. The summed E-state index contributed by atoms with van der Waals surface area (Å²) in [5.41, 5.74) is 2.92. The van der Waals surface area contributed by atoms with Crippen molar-refractivity contribution in [3.05, 3.63) is 66.3 Å². The van der Waals surface area contributed by atoms with Crippen molar-refractivity contribution >= 4 is 9.84 Å². The van der Waals surface area contributed by atoms with Crippen molar-refractivity contribution in [2.75, 3.05) is 13.1 Å². The van der Waals surface area contributed by atoms with Gasteiger partial charge >= 0.3 is 0 Å². The molecule has 2 atom stereocenters. The Labute approximate surface area is 145 Å². The van der Waals surface area contributed by atoms with Gasteiger partial charge in [0.05, 0.1) is 28.9 Å². The highest BCUT2D eigenvalue weighted by atomic mass is 32.2. The first-order valence-corrected chi connectivity index (χ1v) is 9.83. The van der Waals surface area contributed by atoms with E-state index in [-0.39, 0.29) is 11.2 Å². The van der Waals surface area contributed by atoms with Crippen LogP contribution < -0.4 is 0 Å². The molecule has 2 aliphatic heterocycles. The standard InChI is InChI=1S/C19H17NO4S/c21-25(22)18-4-3-14(17-2-1-6-24-17)8-15(18)16-10-20(11-19(16)25)9-13-5-7-23-12-13/h1-8,12,16,19H,9-11H2/t16-,19+/m1/s1. The first kappa shape index (κ1) is 15.0. The average Bonchev–Trinajstić information content (AvgIpc) is 3.37. The predicted octanol–water partition coefficient (Wildman–Crippen LogP) is 3.29. The maximum atomic E-state index is 12.9. The van der Waals surface area contributed by atoms with Gasteiger partial charge in [0.25, 0.3) is 0 Å². The monoisotopic (exact) mass is 355 g/mol. The molecule has 0 bridgehead atoms. The summed E-state index contributed by atoms with van der Waals surface area (Å²) < 4.78 is 36.5. The molecule has 5 rings (SSSR count). The molecule has 1 aromatic carbocycles. The van der Waals surface area contributed by atoms with Crippen LogP contribution in [0.3, 0.4) is 0 Å². The van der Waals surface area contributed by atoms with E-state index in [0.717, 1.165) is 29.0 Å². The van der Waals surface area contributed by atoms with Crippen molar-refractivity contribution in [2.45, 2.75) is 22.6 Å². The zero-order valence-electron chi connectivity index (χ0n) is 13.5. The molecule has 2 aliphatic rings. The highest BCUT2D eigenvalue weighted by Crippen LogP contribution is 2.46. The van der Waals surface area contributed by atoms with Gasteiger partial charge in [0.15, 0.2) is 9.84 Å². The SMILES string of the molecule is O=S1(=O)c2ccc(-c3ccco3)cc2[C@H]2CN(Cc3ccoc3)C[C@@H]21. The quantitative estimate of drug-likeness (QED) is 0.721. The van der Waals surface area contributed by atoms with E-state index in [2.05, 4.69) is 4.90 Å². The van der Waals surface area contributed by atoms with E-state index in [0.29, 0.717) is 18.0 Å². The first-order valence-electron chi connectivity index (χ1n) is 8.28. The number of benzene rings is 1. The lowest BCUT2D eigenvalue weighted by Gasteiger charge is -2.16. The second-order valence-electron chi connectivity index (χ2n) is 6.75. The van der Waals surface area contributed by atoms with E-state index in [1.54, 1.807) is 24.9 Å². The summed E-state index contributed by atoms with van der Waals surface area (Å²) >= 11 is 0. The molecule has 0 spiro atoms. The van der Waals surface area contributed by atoms with Crippen LogP contribution in [0.15, 0.2) is 68.9 Å². The fourth-order valence-electron chi connectivity index (χ4n) is 4.09. The summed E-state index contributed by atoms with van der Waals surface area (Å²) in [6.45, 7) is 2.01. The van der Waals surface area contributed by atoms with Gasteiger partial charge < -0.3 is 8.83 Å². The lowest BCUT2D eigenvalue weighted by Crippen LogP contribution is -2.25. The highest BCUT2D eigenvalue weighted by molar-refractivity contribution is 7.92. The number of likely N-dealkylation sites (tertiary alicyclic amines) is 1. The lowest BCUT2D eigenvalue weighted by molar-refractivity contribution is 0.324. The van der Waals surface area contributed by atoms with Crippen molar-refractivity contribution in [3.63, 3.8) is 0 Å². The molecule has 128 valence electrons. The Hall–Kier alpha value is -2.31. The Morgan fingerprint density at radius 2 is 2.04 bits per heavy atom. The lowest BCUT2D eigenvalue weighted by atomic mass is 9.96. The van der Waals surface area contributed by atoms with Crippen LogP contribution in [-0.2, 0) is 16.4 Å². The van der Waals surface area contributed by atoms with Crippen LogP contribution in [0.1, 0.15) is 17.0 Å². The number of nitrogens with zero attached hydrogens (tertiary/aromatic N) is 1. The molecule has 0 N–H and O–H groups in total. The molecule has 1 fully saturated rings. The number of rotatable bonds is 3. The number of hydrogen-bond acceptors (Lipinski definition) is 5. The third kappa shape index (κ3) is 2.28. The Balaban J connectivity index is 1.51. The molecular weight excluding hydrogens is 338 g/mol. The third-order valence-corrected chi connectivity index (χ3v) is 7.51. The molecule has 1 saturated heterocycles. The second-order valence-corrected chi connectivity index (χ2v) is 8.88. The van der Waals surface area contributed by atoms with Gasteiger partial charge in [-0.05, 0) is 42.0 Å². The third-order valence-electron chi connectivity index (χ3n) is 5.25. The van der Waals surface area contributed by atoms with Crippen molar-refractivity contribution in [1.29, 1.82) is 0 Å². The minimum absolute atomic E-state index is 0.0156. The van der Waals surface area contributed by atoms with Gasteiger partial charge in [0.2, 0.25) is 0 Å². The Bertz CT molecular complexity index is 1010. The van der Waals surface area contributed by atoms with Gasteiger partial charge in [0, 0.05) is 36.7 Å². The van der Waals surface area contributed by atoms with Gasteiger partial charge in [-0.15, -0.1) is 0 Å². The van der Waals surface area contributed by atoms with Crippen LogP contribution in [0.2, 0.25) is 0 Å². The topological polar surface area (TPSA) is 63.7 Å². The van der Waals surface area contributed by atoms with E-state index in [1.165, 1.54) is 0 Å². The van der Waals surface area contributed by atoms with Gasteiger partial charge in [-0.3, -0.25) is 4.90 Å². The molecule has 2 aromatic heterocycles. The van der Waals surface area contributed by atoms with Crippen LogP contribution in [0.5, 0.6) is 0 Å². The largest absolute Gasteiger partial charge is 0.472 e. The molecule has 6 heteroatoms. The summed E-state index contributed by atoms with van der Waals surface area (Å²) in [5.74, 6) is 0.777. The van der Waals surface area contributed by atoms with E-state index >= 15 is 0 Å². The van der Waals surface area contributed by atoms with Crippen LogP contribution in [0.4, 0.5) is 0 Å². The van der Waals surface area contributed by atoms with Crippen LogP contribution in [0.25, 0.3) is 11.3 Å². The van der Waals surface area contributed by atoms with Crippen molar-refractivity contribution < 1.29 is 17.3 Å². The second kappa shape index (κ2) is 5.34. The Morgan fingerprint density at radius 1 is 1.12 bits per heavy atom. The summed E-state index contributed by atoms with van der Waals surface area (Å²) in [7, 11) is -3.28. The molecule has 3 aromatic rings. The van der Waals surface area contributed by atoms with Crippen LogP contribution in [-0.4, -0.2) is 31.7 Å². The van der Waals surface area contributed by atoms with E-state index < -0.39 is 9.84 Å². The summed E-state index contributed by atoms with van der Waals surface area (Å²) in [6.07, 6.45) is 4.99. The molecule has 0 amide bonds. The molecular formula is C19H17NO4S. The molecule has 4 heterocycles. The number of furan rings is 2. The molecule has 0 radical (unpaired) electrons. The maximum absolute atomic E-state index is 12.9. The minimum Gasteiger partial charge on any atom is -0.472 e. The fourth-order valence-corrected chi connectivity index (χ4v) is 6.29. The normalized spacial score (nSPS) is 24.3. The Morgan fingerprint density at radius 3 is 2.80 bits per heavy atom. The fraction of sp³-hybridized carbons (Fsp3) is 0.263. The van der Waals surface area contributed by atoms with E-state index in [4.69, 9.17) is 8.83 Å².